The van der Waals surface area contributed by atoms with Crippen molar-refractivity contribution in [3.8, 4) is 5.75 Å². The Kier molecular flexibility index (Phi) is 7.62. The van der Waals surface area contributed by atoms with E-state index in [2.05, 4.69) is 5.32 Å². The lowest BCUT2D eigenvalue weighted by Gasteiger charge is -2.42. The van der Waals surface area contributed by atoms with Gasteiger partial charge in [0.1, 0.15) is 11.5 Å². The second-order valence-electron chi connectivity index (χ2n) is 13.0. The normalized spacial score (nSPS) is 19.9. The summed E-state index contributed by atoms with van der Waals surface area (Å²) in [5.41, 5.74) is 3.99. The predicted molar refractivity (Wildman–Crippen MR) is 160 cm³/mol. The summed E-state index contributed by atoms with van der Waals surface area (Å²) in [5, 5.41) is 3.19. The van der Waals surface area contributed by atoms with E-state index in [1.165, 1.54) is 0 Å². The lowest BCUT2D eigenvalue weighted by Crippen LogP contribution is -2.37. The summed E-state index contributed by atoms with van der Waals surface area (Å²) in [7, 11) is 0. The summed E-state index contributed by atoms with van der Waals surface area (Å²) in [6.07, 6.45) is 1.89. The summed E-state index contributed by atoms with van der Waals surface area (Å²) < 4.78 is 12.1. The molecule has 5 rings (SSSR count). The zero-order valence-corrected chi connectivity index (χ0v) is 25.8. The minimum absolute atomic E-state index is 0.0407. The summed E-state index contributed by atoms with van der Waals surface area (Å²) in [6, 6.07) is 9.01. The Bertz CT molecular complexity index is 1470. The van der Waals surface area contributed by atoms with Gasteiger partial charge in [-0.15, -0.1) is 0 Å². The molecule has 0 bridgehead atoms. The monoisotopic (exact) mass is 595 g/mol. The van der Waals surface area contributed by atoms with Crippen molar-refractivity contribution in [3.63, 3.8) is 0 Å². The molecule has 1 aliphatic heterocycles. The van der Waals surface area contributed by atoms with Crippen LogP contribution in [-0.2, 0) is 19.1 Å². The third-order valence-corrected chi connectivity index (χ3v) is 8.64. The van der Waals surface area contributed by atoms with Gasteiger partial charge in [-0.05, 0) is 65.6 Å². The highest BCUT2D eigenvalue weighted by Gasteiger charge is 2.48. The van der Waals surface area contributed by atoms with Gasteiger partial charge in [-0.2, -0.15) is 0 Å². The third-order valence-electron chi connectivity index (χ3n) is 8.07. The molecule has 216 valence electrons. The van der Waals surface area contributed by atoms with Crippen LogP contribution in [0.1, 0.15) is 76.0 Å². The van der Waals surface area contributed by atoms with Crippen molar-refractivity contribution in [2.75, 3.05) is 11.9 Å². The van der Waals surface area contributed by atoms with E-state index in [0.717, 1.165) is 11.1 Å². The number of ether oxygens (including phenoxy) is 2. The number of ketones is 2. The van der Waals surface area contributed by atoms with Gasteiger partial charge in [0.05, 0.1) is 10.0 Å². The van der Waals surface area contributed by atoms with E-state index < -0.39 is 5.92 Å². The number of carbonyl (C=O) groups is 3. The van der Waals surface area contributed by atoms with Crippen molar-refractivity contribution in [2.24, 2.45) is 10.8 Å². The van der Waals surface area contributed by atoms with E-state index in [1.807, 2.05) is 59.7 Å². The molecule has 3 aliphatic rings. The lowest BCUT2D eigenvalue weighted by molar-refractivity contribution is -0.120. The van der Waals surface area contributed by atoms with Gasteiger partial charge < -0.3 is 14.8 Å². The Balaban J connectivity index is 1.46. The molecule has 0 radical (unpaired) electrons. The lowest BCUT2D eigenvalue weighted by atomic mass is 9.65. The summed E-state index contributed by atoms with van der Waals surface area (Å²) in [5.74, 6) is 0.339. The molecule has 1 amide bonds. The number of benzene rings is 2. The van der Waals surface area contributed by atoms with E-state index >= 15 is 0 Å². The summed E-state index contributed by atoms with van der Waals surface area (Å²) >= 11 is 13.4. The van der Waals surface area contributed by atoms with Crippen molar-refractivity contribution < 1.29 is 23.9 Å². The van der Waals surface area contributed by atoms with Gasteiger partial charge in [0.15, 0.2) is 23.9 Å². The Morgan fingerprint density at radius 3 is 1.93 bits per heavy atom. The van der Waals surface area contributed by atoms with E-state index in [9.17, 15) is 14.4 Å². The first kappa shape index (κ1) is 29.4. The predicted octanol–water partition coefficient (Wildman–Crippen LogP) is 8.03. The van der Waals surface area contributed by atoms with Crippen molar-refractivity contribution in [1.82, 2.24) is 0 Å². The molecule has 6 nitrogen and oxygen atoms in total. The Hall–Kier alpha value is -3.09. The third kappa shape index (κ3) is 5.96. The average molecular weight is 597 g/mol. The number of amides is 1. The van der Waals surface area contributed by atoms with Crippen LogP contribution in [0.3, 0.4) is 0 Å². The number of hydrogen-bond acceptors (Lipinski definition) is 5. The molecule has 2 aromatic rings. The average Bonchev–Trinajstić information content (AvgIpc) is 2.82. The number of allylic oxidation sites excluding steroid dienone is 4. The number of aryl methyl sites for hydroxylation is 2. The molecule has 41 heavy (non-hydrogen) atoms. The SMILES string of the molecule is Cc1ccc(NC(=O)COc2c(Cl)cc(C3C4=C(CC(C)(C)CC4=O)OC4=C3C(=O)CC(C)(C)C4)cc2Cl)cc1C. The van der Waals surface area contributed by atoms with E-state index in [1.54, 1.807) is 12.1 Å². The standard InChI is InChI=1S/C33H35Cl2NO5/c1-17-7-8-20(9-18(17)2)36-27(39)16-40-31-21(34)10-19(11-22(31)35)28-29-23(37)12-32(3,4)14-25(29)41-26-15-33(5,6)13-24(38)30(26)28/h7-11,28H,12-16H2,1-6H3,(H,36,39). The van der Waals surface area contributed by atoms with Gasteiger partial charge >= 0.3 is 0 Å². The van der Waals surface area contributed by atoms with Crippen LogP contribution in [0.5, 0.6) is 5.75 Å². The first-order valence-corrected chi connectivity index (χ1v) is 14.6. The number of anilines is 1. The van der Waals surface area contributed by atoms with Crippen LogP contribution in [0.25, 0.3) is 0 Å². The molecule has 0 spiro atoms. The largest absolute Gasteiger partial charge is 0.481 e. The zero-order chi connectivity index (χ0) is 29.9. The number of hydrogen-bond donors (Lipinski definition) is 1. The second-order valence-corrected chi connectivity index (χ2v) is 13.9. The molecular weight excluding hydrogens is 561 g/mol. The summed E-state index contributed by atoms with van der Waals surface area (Å²) in [6.45, 7) is 11.9. The van der Waals surface area contributed by atoms with Crippen LogP contribution in [-0.4, -0.2) is 24.1 Å². The van der Waals surface area contributed by atoms with E-state index in [-0.39, 0.29) is 50.7 Å². The Morgan fingerprint density at radius 1 is 0.878 bits per heavy atom. The van der Waals surface area contributed by atoms with Crippen LogP contribution in [0.2, 0.25) is 10.0 Å². The molecular formula is C33H35Cl2NO5. The van der Waals surface area contributed by atoms with Crippen LogP contribution >= 0.6 is 23.2 Å². The fourth-order valence-electron chi connectivity index (χ4n) is 6.05. The molecule has 2 aliphatic carbocycles. The minimum Gasteiger partial charge on any atom is -0.481 e. The minimum atomic E-state index is -0.627. The second kappa shape index (κ2) is 10.6. The van der Waals surface area contributed by atoms with Crippen LogP contribution in [0, 0.1) is 24.7 Å². The van der Waals surface area contributed by atoms with Gasteiger partial charge in [-0.25, -0.2) is 0 Å². The molecule has 0 atom stereocenters. The molecule has 1 heterocycles. The molecule has 1 N–H and O–H groups in total. The van der Waals surface area contributed by atoms with Gasteiger partial charge in [-0.3, -0.25) is 14.4 Å². The molecule has 0 saturated carbocycles. The first-order chi connectivity index (χ1) is 19.1. The molecule has 2 aromatic carbocycles. The van der Waals surface area contributed by atoms with E-state index in [4.69, 9.17) is 32.7 Å². The number of Topliss-reactive ketones (excluding diaryl/α,β-unsaturated/α-hetero) is 2. The van der Waals surface area contributed by atoms with Crippen molar-refractivity contribution >= 4 is 46.4 Å². The van der Waals surface area contributed by atoms with Crippen molar-refractivity contribution in [1.29, 1.82) is 0 Å². The van der Waals surface area contributed by atoms with Crippen LogP contribution in [0.15, 0.2) is 53.0 Å². The molecule has 0 aromatic heterocycles. The number of carbonyl (C=O) groups excluding carboxylic acids is 3. The molecule has 0 saturated heterocycles. The Morgan fingerprint density at radius 2 is 1.41 bits per heavy atom. The van der Waals surface area contributed by atoms with Crippen LogP contribution < -0.4 is 10.1 Å². The molecule has 0 unspecified atom stereocenters. The fourth-order valence-corrected chi connectivity index (χ4v) is 6.66. The topological polar surface area (TPSA) is 81.7 Å². The van der Waals surface area contributed by atoms with Crippen molar-refractivity contribution in [2.45, 2.75) is 73.1 Å². The maximum Gasteiger partial charge on any atom is 0.262 e. The fraction of sp³-hybridized carbons (Fsp3) is 0.424. The summed E-state index contributed by atoms with van der Waals surface area (Å²) in [4.78, 5) is 39.7. The number of nitrogens with one attached hydrogen (secondary N) is 1. The smallest absolute Gasteiger partial charge is 0.262 e. The first-order valence-electron chi connectivity index (χ1n) is 13.8. The molecule has 0 fully saturated rings. The highest BCUT2D eigenvalue weighted by atomic mass is 35.5. The van der Waals surface area contributed by atoms with Gasteiger partial charge in [0.2, 0.25) is 0 Å². The zero-order valence-electron chi connectivity index (χ0n) is 24.3. The molecule has 8 heteroatoms. The quantitative estimate of drug-likeness (QED) is 0.378. The van der Waals surface area contributed by atoms with Gasteiger partial charge in [-0.1, -0.05) is 57.0 Å². The maximum absolute atomic E-state index is 13.5. The Labute approximate surface area is 251 Å². The number of rotatable bonds is 5. The highest BCUT2D eigenvalue weighted by Crippen LogP contribution is 2.54. The van der Waals surface area contributed by atoms with Crippen molar-refractivity contribution in [3.05, 3.63) is 79.7 Å². The van der Waals surface area contributed by atoms with Gasteiger partial charge in [0, 0.05) is 48.4 Å². The maximum atomic E-state index is 13.5. The number of halogens is 2. The van der Waals surface area contributed by atoms with E-state index in [0.29, 0.717) is 59.6 Å². The van der Waals surface area contributed by atoms with Gasteiger partial charge in [0.25, 0.3) is 5.91 Å². The van der Waals surface area contributed by atoms with Crippen LogP contribution in [0.4, 0.5) is 5.69 Å². The highest BCUT2D eigenvalue weighted by molar-refractivity contribution is 6.37.